The zero-order valence-electron chi connectivity index (χ0n) is 13.7. The number of aromatic nitrogens is 5. The van der Waals surface area contributed by atoms with Gasteiger partial charge < -0.3 is 0 Å². The van der Waals surface area contributed by atoms with Crippen LogP contribution >= 0.6 is 0 Å². The van der Waals surface area contributed by atoms with E-state index in [2.05, 4.69) is 19.9 Å². The standard InChI is InChI=1S/C14H22N6O2S/c1-4-10-13(12(5-2)19(3)17-10)23(21,22)18-11-7-6-8-20-14(11)15-9-16-20/h9,11,18H,4-8H2,1-3H3. The summed E-state index contributed by atoms with van der Waals surface area (Å²) in [6.07, 6.45) is 4.26. The largest absolute Gasteiger partial charge is 0.271 e. The summed E-state index contributed by atoms with van der Waals surface area (Å²) < 4.78 is 32.2. The third-order valence-corrected chi connectivity index (χ3v) is 5.84. The van der Waals surface area contributed by atoms with Gasteiger partial charge >= 0.3 is 0 Å². The van der Waals surface area contributed by atoms with Crippen LogP contribution in [0.4, 0.5) is 0 Å². The molecule has 0 saturated carbocycles. The molecule has 0 aliphatic carbocycles. The number of hydrogen-bond acceptors (Lipinski definition) is 5. The van der Waals surface area contributed by atoms with E-state index in [-0.39, 0.29) is 6.04 Å². The zero-order chi connectivity index (χ0) is 16.6. The molecule has 1 atom stereocenters. The van der Waals surface area contributed by atoms with E-state index in [0.717, 1.165) is 25.1 Å². The van der Waals surface area contributed by atoms with Crippen molar-refractivity contribution in [1.82, 2.24) is 29.3 Å². The van der Waals surface area contributed by atoms with Crippen LogP contribution in [0.25, 0.3) is 0 Å². The molecule has 0 amide bonds. The Labute approximate surface area is 136 Å². The summed E-state index contributed by atoms with van der Waals surface area (Å²) in [6.45, 7) is 4.63. The molecule has 1 unspecified atom stereocenters. The van der Waals surface area contributed by atoms with Crippen molar-refractivity contribution < 1.29 is 8.42 Å². The molecule has 9 heteroatoms. The summed E-state index contributed by atoms with van der Waals surface area (Å²) in [6, 6.07) is -0.342. The topological polar surface area (TPSA) is 94.7 Å². The van der Waals surface area contributed by atoms with Gasteiger partial charge in [0, 0.05) is 13.6 Å². The Kier molecular flexibility index (Phi) is 4.24. The van der Waals surface area contributed by atoms with Crippen molar-refractivity contribution in [2.45, 2.75) is 57.0 Å². The number of fused-ring (bicyclic) bond motifs is 1. The van der Waals surface area contributed by atoms with Crippen LogP contribution < -0.4 is 4.72 Å². The Morgan fingerprint density at radius 2 is 2.13 bits per heavy atom. The summed E-state index contributed by atoms with van der Waals surface area (Å²) >= 11 is 0. The molecule has 1 aliphatic heterocycles. The highest BCUT2D eigenvalue weighted by Gasteiger charge is 2.32. The van der Waals surface area contributed by atoms with Gasteiger partial charge in [-0.05, 0) is 25.7 Å². The molecule has 0 radical (unpaired) electrons. The van der Waals surface area contributed by atoms with Crippen LogP contribution in [-0.4, -0.2) is 33.0 Å². The van der Waals surface area contributed by atoms with Crippen molar-refractivity contribution in [1.29, 1.82) is 0 Å². The van der Waals surface area contributed by atoms with E-state index < -0.39 is 10.0 Å². The van der Waals surface area contributed by atoms with Crippen LogP contribution in [0.1, 0.15) is 49.9 Å². The Hall–Kier alpha value is -1.74. The number of hydrogen-bond donors (Lipinski definition) is 1. The average Bonchev–Trinajstić information content (AvgIpc) is 3.11. The third-order valence-electron chi connectivity index (χ3n) is 4.24. The SMILES string of the molecule is CCc1nn(C)c(CC)c1S(=O)(=O)NC1CCCn2ncnc21. The van der Waals surface area contributed by atoms with Crippen molar-refractivity contribution in [2.75, 3.05) is 0 Å². The molecule has 23 heavy (non-hydrogen) atoms. The second-order valence-electron chi connectivity index (χ2n) is 5.71. The lowest BCUT2D eigenvalue weighted by Gasteiger charge is -2.23. The first kappa shape index (κ1) is 16.1. The van der Waals surface area contributed by atoms with Gasteiger partial charge in [-0.25, -0.2) is 22.8 Å². The van der Waals surface area contributed by atoms with E-state index in [0.29, 0.717) is 29.3 Å². The smallest absolute Gasteiger partial charge is 0.244 e. The fourth-order valence-electron chi connectivity index (χ4n) is 3.18. The van der Waals surface area contributed by atoms with E-state index in [4.69, 9.17) is 0 Å². The first-order chi connectivity index (χ1) is 11.0. The minimum absolute atomic E-state index is 0.321. The van der Waals surface area contributed by atoms with Gasteiger partial charge in [-0.3, -0.25) is 4.68 Å². The van der Waals surface area contributed by atoms with Gasteiger partial charge in [0.15, 0.2) is 0 Å². The van der Waals surface area contributed by atoms with E-state index in [1.54, 1.807) is 16.4 Å². The maximum absolute atomic E-state index is 13.0. The molecule has 0 saturated heterocycles. The third kappa shape index (κ3) is 2.78. The predicted molar refractivity (Wildman–Crippen MR) is 84.3 cm³/mol. The van der Waals surface area contributed by atoms with Gasteiger partial charge in [0.1, 0.15) is 17.0 Å². The summed E-state index contributed by atoms with van der Waals surface area (Å²) in [4.78, 5) is 4.53. The van der Waals surface area contributed by atoms with Gasteiger partial charge in [-0.1, -0.05) is 13.8 Å². The van der Waals surface area contributed by atoms with E-state index in [1.807, 2.05) is 13.8 Å². The maximum Gasteiger partial charge on any atom is 0.244 e. The maximum atomic E-state index is 13.0. The molecule has 0 bridgehead atoms. The average molecular weight is 338 g/mol. The highest BCUT2D eigenvalue weighted by molar-refractivity contribution is 7.89. The second kappa shape index (κ2) is 6.04. The summed E-state index contributed by atoms with van der Waals surface area (Å²) in [5.41, 5.74) is 1.33. The summed E-state index contributed by atoms with van der Waals surface area (Å²) in [5, 5.41) is 8.49. The molecular weight excluding hydrogens is 316 g/mol. The van der Waals surface area contributed by atoms with E-state index in [1.165, 1.54) is 6.33 Å². The van der Waals surface area contributed by atoms with Crippen LogP contribution in [0.3, 0.4) is 0 Å². The van der Waals surface area contributed by atoms with Crippen molar-refractivity contribution in [2.24, 2.45) is 7.05 Å². The van der Waals surface area contributed by atoms with Gasteiger partial charge in [0.2, 0.25) is 10.0 Å². The van der Waals surface area contributed by atoms with Crippen molar-refractivity contribution in [3.63, 3.8) is 0 Å². The molecule has 126 valence electrons. The molecule has 0 aromatic carbocycles. The molecule has 1 N–H and O–H groups in total. The Morgan fingerprint density at radius 1 is 1.35 bits per heavy atom. The van der Waals surface area contributed by atoms with Crippen LogP contribution in [0, 0.1) is 0 Å². The van der Waals surface area contributed by atoms with E-state index >= 15 is 0 Å². The molecule has 0 fully saturated rings. The monoisotopic (exact) mass is 338 g/mol. The highest BCUT2D eigenvalue weighted by atomic mass is 32.2. The molecule has 8 nitrogen and oxygen atoms in total. The molecule has 2 aromatic rings. The number of nitrogens with zero attached hydrogens (tertiary/aromatic N) is 5. The fourth-order valence-corrected chi connectivity index (χ4v) is 4.98. The Balaban J connectivity index is 1.98. The minimum atomic E-state index is -3.66. The zero-order valence-corrected chi connectivity index (χ0v) is 14.5. The van der Waals surface area contributed by atoms with Crippen LogP contribution in [-0.2, 0) is 36.5 Å². The Bertz CT molecular complexity index is 807. The quantitative estimate of drug-likeness (QED) is 0.876. The number of nitrogens with one attached hydrogen (secondary N) is 1. The van der Waals surface area contributed by atoms with Gasteiger partial charge in [-0.15, -0.1) is 0 Å². The van der Waals surface area contributed by atoms with Gasteiger partial charge in [-0.2, -0.15) is 10.2 Å². The molecular formula is C14H22N6O2S. The molecule has 2 aromatic heterocycles. The second-order valence-corrected chi connectivity index (χ2v) is 7.36. The molecule has 3 heterocycles. The van der Waals surface area contributed by atoms with Crippen LogP contribution in [0.5, 0.6) is 0 Å². The lowest BCUT2D eigenvalue weighted by molar-refractivity contribution is 0.399. The van der Waals surface area contributed by atoms with Crippen LogP contribution in [0.15, 0.2) is 11.2 Å². The Morgan fingerprint density at radius 3 is 2.83 bits per heavy atom. The molecule has 1 aliphatic rings. The normalized spacial score (nSPS) is 18.1. The minimum Gasteiger partial charge on any atom is -0.271 e. The predicted octanol–water partition coefficient (Wildman–Crippen LogP) is 0.950. The van der Waals surface area contributed by atoms with Crippen molar-refractivity contribution >= 4 is 10.0 Å². The van der Waals surface area contributed by atoms with Crippen molar-refractivity contribution in [3.05, 3.63) is 23.5 Å². The first-order valence-corrected chi connectivity index (χ1v) is 9.41. The number of rotatable bonds is 5. The lowest BCUT2D eigenvalue weighted by atomic mass is 10.1. The molecule has 0 spiro atoms. The first-order valence-electron chi connectivity index (χ1n) is 7.92. The van der Waals surface area contributed by atoms with Gasteiger partial charge in [0.25, 0.3) is 0 Å². The fraction of sp³-hybridized carbons (Fsp3) is 0.643. The molecule has 3 rings (SSSR count). The van der Waals surface area contributed by atoms with Gasteiger partial charge in [0.05, 0.1) is 17.4 Å². The van der Waals surface area contributed by atoms with E-state index in [9.17, 15) is 8.42 Å². The van der Waals surface area contributed by atoms with Crippen molar-refractivity contribution in [3.8, 4) is 0 Å². The highest BCUT2D eigenvalue weighted by Crippen LogP contribution is 2.27. The summed E-state index contributed by atoms with van der Waals surface area (Å²) in [7, 11) is -1.87. The summed E-state index contributed by atoms with van der Waals surface area (Å²) in [5.74, 6) is 0.680. The number of aryl methyl sites for hydroxylation is 3. The lowest BCUT2D eigenvalue weighted by Crippen LogP contribution is -2.34. The number of sulfonamides is 1. The van der Waals surface area contributed by atoms with Crippen LogP contribution in [0.2, 0.25) is 0 Å².